The number of aliphatic hydroxyl groups is 2. The van der Waals surface area contributed by atoms with Crippen LogP contribution in [0.4, 0.5) is 0 Å². The Balaban J connectivity index is 3.35. The summed E-state index contributed by atoms with van der Waals surface area (Å²) >= 11 is 0. The molecule has 0 radical (unpaired) electrons. The molecule has 0 spiro atoms. The largest absolute Gasteiger partial charge is 0.466 e. The lowest BCUT2D eigenvalue weighted by atomic mass is 10.0. The number of ether oxygens (including phenoxy) is 1. The van der Waals surface area contributed by atoms with Crippen LogP contribution in [0.3, 0.4) is 0 Å². The summed E-state index contributed by atoms with van der Waals surface area (Å²) in [4.78, 5) is 24.5. The maximum absolute atomic E-state index is 12.5. The average Bonchev–Trinajstić information content (AvgIpc) is 3.36. The topological polar surface area (TPSA) is 95.9 Å². The number of esters is 1. The molecule has 3 N–H and O–H groups in total. The number of unbranched alkanes of at least 4 members (excludes halogenated alkanes) is 50. The Morgan fingerprint density at radius 2 is 0.586 bits per heavy atom. The van der Waals surface area contributed by atoms with E-state index in [4.69, 9.17) is 4.74 Å². The molecule has 70 heavy (non-hydrogen) atoms. The molecule has 418 valence electrons. The number of carbonyl (C=O) groups excluding carboxylic acids is 2. The van der Waals surface area contributed by atoms with Crippen LogP contribution in [0.25, 0.3) is 0 Å². The molecule has 0 saturated carbocycles. The molecule has 0 fully saturated rings. The third-order valence-electron chi connectivity index (χ3n) is 15.4. The van der Waals surface area contributed by atoms with Gasteiger partial charge in [-0.1, -0.05) is 335 Å². The van der Waals surface area contributed by atoms with E-state index in [1.54, 1.807) is 0 Å². The first kappa shape index (κ1) is 68.9. The van der Waals surface area contributed by atoms with E-state index in [0.29, 0.717) is 25.9 Å². The smallest absolute Gasteiger partial charge is 0.305 e. The lowest BCUT2D eigenvalue weighted by molar-refractivity contribution is -0.143. The Morgan fingerprint density at radius 3 is 0.871 bits per heavy atom. The number of rotatable bonds is 61. The molecule has 2 unspecified atom stereocenters. The van der Waals surface area contributed by atoms with Crippen LogP contribution >= 0.6 is 0 Å². The van der Waals surface area contributed by atoms with E-state index in [1.165, 1.54) is 302 Å². The average molecular weight is 991 g/mol. The molecule has 0 saturated heterocycles. The summed E-state index contributed by atoms with van der Waals surface area (Å²) in [6.07, 6.45) is 71.2. The van der Waals surface area contributed by atoms with Gasteiger partial charge < -0.3 is 20.3 Å². The van der Waals surface area contributed by atoms with Gasteiger partial charge in [-0.15, -0.1) is 0 Å². The van der Waals surface area contributed by atoms with Crippen LogP contribution in [0.1, 0.15) is 373 Å². The van der Waals surface area contributed by atoms with Gasteiger partial charge in [0.25, 0.3) is 0 Å². The summed E-state index contributed by atoms with van der Waals surface area (Å²) in [5.41, 5.74) is 0. The number of hydrogen-bond donors (Lipinski definition) is 3. The van der Waals surface area contributed by atoms with E-state index in [1.807, 2.05) is 0 Å². The second-order valence-corrected chi connectivity index (χ2v) is 22.5. The number of hydrogen-bond acceptors (Lipinski definition) is 5. The van der Waals surface area contributed by atoms with Gasteiger partial charge in [0, 0.05) is 12.8 Å². The van der Waals surface area contributed by atoms with Crippen molar-refractivity contribution in [2.75, 3.05) is 13.2 Å². The second-order valence-electron chi connectivity index (χ2n) is 22.5. The Kier molecular flexibility index (Phi) is 59.4. The van der Waals surface area contributed by atoms with E-state index in [2.05, 4.69) is 19.2 Å². The fourth-order valence-electron chi connectivity index (χ4n) is 10.5. The zero-order chi connectivity index (χ0) is 50.7. The highest BCUT2D eigenvalue weighted by Crippen LogP contribution is 2.19. The zero-order valence-corrected chi connectivity index (χ0v) is 47.8. The van der Waals surface area contributed by atoms with E-state index in [9.17, 15) is 19.8 Å². The van der Waals surface area contributed by atoms with Gasteiger partial charge in [-0.25, -0.2) is 0 Å². The monoisotopic (exact) mass is 990 g/mol. The van der Waals surface area contributed by atoms with Crippen LogP contribution in [0, 0.1) is 0 Å². The van der Waals surface area contributed by atoms with Crippen molar-refractivity contribution in [2.45, 2.75) is 386 Å². The Labute approximate surface area is 438 Å². The zero-order valence-electron chi connectivity index (χ0n) is 47.8. The molecule has 6 heteroatoms. The van der Waals surface area contributed by atoms with Crippen molar-refractivity contribution in [1.82, 2.24) is 5.32 Å². The number of nitrogens with one attached hydrogen (secondary N) is 1. The standard InChI is InChI=1S/C64H127NO5/c1-3-5-7-9-11-13-15-17-18-29-33-36-40-44-48-52-56-62(67)61(60-66)65-63(68)57-53-49-45-41-37-34-30-27-25-23-21-19-20-22-24-26-28-31-35-39-43-47-51-55-59-70-64(69)58-54-50-46-42-38-32-16-14-12-10-8-6-4-2/h61-62,66-67H,3-60H2,1-2H3,(H,65,68). The summed E-state index contributed by atoms with van der Waals surface area (Å²) in [6, 6.07) is -0.539. The molecule has 0 rings (SSSR count). The second kappa shape index (κ2) is 60.4. The first-order valence-corrected chi connectivity index (χ1v) is 32.3. The summed E-state index contributed by atoms with van der Waals surface area (Å²) in [5, 5.41) is 23.3. The predicted octanol–water partition coefficient (Wildman–Crippen LogP) is 20.3. The van der Waals surface area contributed by atoms with Gasteiger partial charge >= 0.3 is 5.97 Å². The molecule has 2 atom stereocenters. The van der Waals surface area contributed by atoms with Crippen molar-refractivity contribution in [3.63, 3.8) is 0 Å². The van der Waals surface area contributed by atoms with Crippen molar-refractivity contribution in [1.29, 1.82) is 0 Å². The molecule has 0 aliphatic carbocycles. The van der Waals surface area contributed by atoms with E-state index >= 15 is 0 Å². The van der Waals surface area contributed by atoms with E-state index in [-0.39, 0.29) is 18.5 Å². The van der Waals surface area contributed by atoms with Crippen molar-refractivity contribution in [3.05, 3.63) is 0 Å². The molecule has 6 nitrogen and oxygen atoms in total. The number of amides is 1. The molecule has 0 aromatic carbocycles. The Hall–Kier alpha value is -1.14. The first-order chi connectivity index (χ1) is 34.5. The Bertz CT molecular complexity index is 1010. The highest BCUT2D eigenvalue weighted by Gasteiger charge is 2.20. The van der Waals surface area contributed by atoms with Crippen LogP contribution in [0.15, 0.2) is 0 Å². The number of aliphatic hydroxyl groups excluding tert-OH is 2. The molecule has 0 aromatic heterocycles. The molecular formula is C64H127NO5. The van der Waals surface area contributed by atoms with E-state index < -0.39 is 12.1 Å². The SMILES string of the molecule is CCCCCCCCCCCCCCCCCCC(O)C(CO)NC(=O)CCCCCCCCCCCCCCCCCCCCCCCCCCOC(=O)CCCCCCCCCCCCCCC. The van der Waals surface area contributed by atoms with Gasteiger partial charge in [-0.2, -0.15) is 0 Å². The molecule has 0 bridgehead atoms. The molecule has 0 aliphatic rings. The van der Waals surface area contributed by atoms with Crippen LogP contribution in [-0.2, 0) is 14.3 Å². The normalized spacial score (nSPS) is 12.5. The summed E-state index contributed by atoms with van der Waals surface area (Å²) in [7, 11) is 0. The van der Waals surface area contributed by atoms with Gasteiger partial charge in [0.15, 0.2) is 0 Å². The maximum Gasteiger partial charge on any atom is 0.305 e. The third kappa shape index (κ3) is 56.2. The fourth-order valence-corrected chi connectivity index (χ4v) is 10.5. The quantitative estimate of drug-likeness (QED) is 0.0417. The molecule has 0 aliphatic heterocycles. The van der Waals surface area contributed by atoms with Crippen molar-refractivity contribution >= 4 is 11.9 Å². The van der Waals surface area contributed by atoms with Gasteiger partial charge in [-0.05, 0) is 25.7 Å². The van der Waals surface area contributed by atoms with Crippen LogP contribution in [0.2, 0.25) is 0 Å². The lowest BCUT2D eigenvalue weighted by Crippen LogP contribution is -2.45. The number of carbonyl (C=O) groups is 2. The van der Waals surface area contributed by atoms with Gasteiger partial charge in [0.1, 0.15) is 0 Å². The van der Waals surface area contributed by atoms with Crippen LogP contribution in [-0.4, -0.2) is 47.4 Å². The third-order valence-corrected chi connectivity index (χ3v) is 15.4. The molecule has 0 heterocycles. The van der Waals surface area contributed by atoms with Crippen LogP contribution < -0.4 is 5.32 Å². The van der Waals surface area contributed by atoms with Crippen molar-refractivity contribution in [2.24, 2.45) is 0 Å². The highest BCUT2D eigenvalue weighted by atomic mass is 16.5. The van der Waals surface area contributed by atoms with Gasteiger partial charge in [0.2, 0.25) is 5.91 Å². The minimum absolute atomic E-state index is 0.0181. The van der Waals surface area contributed by atoms with Gasteiger partial charge in [0.05, 0.1) is 25.4 Å². The van der Waals surface area contributed by atoms with Gasteiger partial charge in [-0.3, -0.25) is 9.59 Å². The fraction of sp³-hybridized carbons (Fsp3) is 0.969. The van der Waals surface area contributed by atoms with Crippen LogP contribution in [0.5, 0.6) is 0 Å². The summed E-state index contributed by atoms with van der Waals surface area (Å²) < 4.78 is 5.48. The summed E-state index contributed by atoms with van der Waals surface area (Å²) in [6.45, 7) is 4.99. The summed E-state index contributed by atoms with van der Waals surface area (Å²) in [5.74, 6) is -0.0121. The maximum atomic E-state index is 12.5. The predicted molar refractivity (Wildman–Crippen MR) is 306 cm³/mol. The van der Waals surface area contributed by atoms with Crippen molar-refractivity contribution in [3.8, 4) is 0 Å². The van der Waals surface area contributed by atoms with E-state index in [0.717, 1.165) is 38.5 Å². The highest BCUT2D eigenvalue weighted by molar-refractivity contribution is 5.76. The minimum atomic E-state index is -0.662. The van der Waals surface area contributed by atoms with Crippen molar-refractivity contribution < 1.29 is 24.5 Å². The molecule has 1 amide bonds. The Morgan fingerprint density at radius 1 is 0.343 bits per heavy atom. The molecule has 0 aromatic rings. The molecular weight excluding hydrogens is 863 g/mol. The minimum Gasteiger partial charge on any atom is -0.466 e. The first-order valence-electron chi connectivity index (χ1n) is 32.3. The lowest BCUT2D eigenvalue weighted by Gasteiger charge is -2.22.